The number of methoxy groups -OCH3 is 3. The molecule has 0 heterocycles. The van der Waals surface area contributed by atoms with Gasteiger partial charge in [0.25, 0.3) is 5.91 Å². The van der Waals surface area contributed by atoms with Gasteiger partial charge in [0, 0.05) is 13.6 Å². The molecule has 9 heteroatoms. The lowest BCUT2D eigenvalue weighted by atomic mass is 10.1. The summed E-state index contributed by atoms with van der Waals surface area (Å²) in [5.74, 6) is 1.01. The van der Waals surface area contributed by atoms with Crippen molar-refractivity contribution in [3.8, 4) is 17.2 Å². The number of ether oxygens (including phenoxy) is 3. The lowest BCUT2D eigenvalue weighted by molar-refractivity contribution is 0.0951. The summed E-state index contributed by atoms with van der Waals surface area (Å²) < 4.78 is 40.7. The predicted octanol–water partition coefficient (Wildman–Crippen LogP) is 2.04. The van der Waals surface area contributed by atoms with Gasteiger partial charge in [0.15, 0.2) is 11.5 Å². The van der Waals surface area contributed by atoms with Crippen LogP contribution in [0, 0.1) is 0 Å². The summed E-state index contributed by atoms with van der Waals surface area (Å²) in [4.78, 5) is 12.7. The normalized spacial score (nSPS) is 10.9. The molecule has 8 nitrogen and oxygen atoms in total. The molecular weight excluding hydrogens is 384 g/mol. The van der Waals surface area contributed by atoms with Gasteiger partial charge in [-0.3, -0.25) is 9.10 Å². The Balaban J connectivity index is 2.26. The molecule has 2 rings (SSSR count). The van der Waals surface area contributed by atoms with Gasteiger partial charge in [-0.05, 0) is 29.8 Å². The van der Waals surface area contributed by atoms with Crippen molar-refractivity contribution in [3.63, 3.8) is 0 Å². The molecule has 0 radical (unpaired) electrons. The molecule has 0 bridgehead atoms. The lowest BCUT2D eigenvalue weighted by Crippen LogP contribution is -2.29. The highest BCUT2D eigenvalue weighted by molar-refractivity contribution is 7.92. The molecule has 2 aromatic rings. The van der Waals surface area contributed by atoms with Crippen molar-refractivity contribution in [2.45, 2.75) is 6.54 Å². The topological polar surface area (TPSA) is 94.2 Å². The summed E-state index contributed by atoms with van der Waals surface area (Å²) in [6, 6.07) is 9.96. The highest BCUT2D eigenvalue weighted by Gasteiger charge is 2.20. The Morgan fingerprint density at radius 3 is 2.11 bits per heavy atom. The van der Waals surface area contributed by atoms with Gasteiger partial charge in [0.2, 0.25) is 15.8 Å². The number of carbonyl (C=O) groups is 1. The van der Waals surface area contributed by atoms with E-state index in [0.717, 1.165) is 16.1 Å². The fourth-order valence-electron chi connectivity index (χ4n) is 2.63. The molecule has 0 aliphatic heterocycles. The summed E-state index contributed by atoms with van der Waals surface area (Å²) in [6.45, 7) is 0.187. The summed E-state index contributed by atoms with van der Waals surface area (Å²) in [6.07, 6.45) is 1.08. The zero-order valence-electron chi connectivity index (χ0n) is 16.5. The summed E-state index contributed by atoms with van der Waals surface area (Å²) >= 11 is 0. The van der Waals surface area contributed by atoms with Crippen LogP contribution in [0.25, 0.3) is 0 Å². The van der Waals surface area contributed by atoms with Crippen LogP contribution < -0.4 is 23.8 Å². The number of sulfonamides is 1. The molecule has 0 unspecified atom stereocenters. The van der Waals surface area contributed by atoms with Gasteiger partial charge < -0.3 is 19.5 Å². The smallest absolute Gasteiger partial charge is 0.253 e. The van der Waals surface area contributed by atoms with E-state index >= 15 is 0 Å². The van der Waals surface area contributed by atoms with Crippen molar-refractivity contribution in [1.82, 2.24) is 5.32 Å². The average Bonchev–Trinajstić information content (AvgIpc) is 2.69. The molecule has 152 valence electrons. The van der Waals surface area contributed by atoms with Gasteiger partial charge in [0.05, 0.1) is 38.8 Å². The van der Waals surface area contributed by atoms with Gasteiger partial charge in [-0.1, -0.05) is 12.1 Å². The van der Waals surface area contributed by atoms with Gasteiger partial charge in [-0.25, -0.2) is 8.42 Å². The van der Waals surface area contributed by atoms with Crippen molar-refractivity contribution in [1.29, 1.82) is 0 Å². The largest absolute Gasteiger partial charge is 0.493 e. The molecule has 0 aromatic heterocycles. The second kappa shape index (κ2) is 8.83. The van der Waals surface area contributed by atoms with E-state index in [1.54, 1.807) is 36.4 Å². The van der Waals surface area contributed by atoms with E-state index in [9.17, 15) is 13.2 Å². The Morgan fingerprint density at radius 1 is 1.04 bits per heavy atom. The molecule has 1 amide bonds. The Morgan fingerprint density at radius 2 is 1.61 bits per heavy atom. The van der Waals surface area contributed by atoms with E-state index in [2.05, 4.69) is 5.32 Å². The monoisotopic (exact) mass is 408 g/mol. The number of hydrogen-bond acceptors (Lipinski definition) is 6. The van der Waals surface area contributed by atoms with Crippen LogP contribution in [0.4, 0.5) is 5.69 Å². The van der Waals surface area contributed by atoms with Crippen LogP contribution in [-0.4, -0.2) is 49.0 Å². The van der Waals surface area contributed by atoms with Crippen LogP contribution in [0.5, 0.6) is 17.2 Å². The van der Waals surface area contributed by atoms with Crippen molar-refractivity contribution in [3.05, 3.63) is 47.5 Å². The van der Waals surface area contributed by atoms with Crippen molar-refractivity contribution >= 4 is 21.6 Å². The molecule has 0 aliphatic rings. The predicted molar refractivity (Wildman–Crippen MR) is 107 cm³/mol. The summed E-state index contributed by atoms with van der Waals surface area (Å²) in [5, 5.41) is 2.79. The van der Waals surface area contributed by atoms with Gasteiger partial charge in [-0.15, -0.1) is 0 Å². The number of benzene rings is 2. The van der Waals surface area contributed by atoms with Crippen LogP contribution in [0.1, 0.15) is 15.9 Å². The molecule has 0 spiro atoms. The number of anilines is 1. The molecule has 2 aromatic carbocycles. The molecule has 1 N–H and O–H groups in total. The first-order chi connectivity index (χ1) is 13.2. The zero-order chi connectivity index (χ0) is 20.9. The van der Waals surface area contributed by atoms with Crippen LogP contribution in [0.3, 0.4) is 0 Å². The van der Waals surface area contributed by atoms with Crippen molar-refractivity contribution < 1.29 is 27.4 Å². The fraction of sp³-hybridized carbons (Fsp3) is 0.316. The van der Waals surface area contributed by atoms with Crippen LogP contribution in [0.15, 0.2) is 36.4 Å². The molecule has 0 saturated heterocycles. The Labute approximate surface area is 165 Å². The second-order valence-corrected chi connectivity index (χ2v) is 7.98. The van der Waals surface area contributed by atoms with Crippen LogP contribution >= 0.6 is 0 Å². The molecule has 0 saturated carbocycles. The number of para-hydroxylation sites is 1. The van der Waals surface area contributed by atoms with Crippen molar-refractivity contribution in [2.24, 2.45) is 0 Å². The standard InChI is InChI=1S/C19H24N2O6S/c1-21(28(5,23)24)15-9-7-6-8-14(15)19(22)20-12-13-10-16(25-2)18(27-4)17(11-13)26-3/h6-11H,12H2,1-5H3,(H,20,22). The molecule has 0 atom stereocenters. The van der Waals surface area contributed by atoms with Crippen LogP contribution in [-0.2, 0) is 16.6 Å². The highest BCUT2D eigenvalue weighted by Crippen LogP contribution is 2.38. The first-order valence-electron chi connectivity index (χ1n) is 8.33. The minimum atomic E-state index is -3.50. The zero-order valence-corrected chi connectivity index (χ0v) is 17.3. The molecule has 0 fully saturated rings. The van der Waals surface area contributed by atoms with Crippen molar-refractivity contribution in [2.75, 3.05) is 38.9 Å². The Hall–Kier alpha value is -2.94. The van der Waals surface area contributed by atoms with Gasteiger partial charge >= 0.3 is 0 Å². The maximum Gasteiger partial charge on any atom is 0.253 e. The van der Waals surface area contributed by atoms with Gasteiger partial charge in [-0.2, -0.15) is 0 Å². The quantitative estimate of drug-likeness (QED) is 0.718. The summed E-state index contributed by atoms with van der Waals surface area (Å²) in [5.41, 5.74) is 1.28. The molecule has 28 heavy (non-hydrogen) atoms. The minimum Gasteiger partial charge on any atom is -0.493 e. The maximum absolute atomic E-state index is 12.7. The number of nitrogens with one attached hydrogen (secondary N) is 1. The van der Waals surface area contributed by atoms with E-state index < -0.39 is 15.9 Å². The SMILES string of the molecule is COc1cc(CNC(=O)c2ccccc2N(C)S(C)(=O)=O)cc(OC)c1OC. The number of carbonyl (C=O) groups excluding carboxylic acids is 1. The molecule has 0 aliphatic carbocycles. The highest BCUT2D eigenvalue weighted by atomic mass is 32.2. The fourth-order valence-corrected chi connectivity index (χ4v) is 3.15. The Kier molecular flexibility index (Phi) is 6.74. The van der Waals surface area contributed by atoms with E-state index in [1.807, 2.05) is 0 Å². The maximum atomic E-state index is 12.7. The molecular formula is C19H24N2O6S. The second-order valence-electron chi connectivity index (χ2n) is 5.96. The number of rotatable bonds is 8. The van der Waals surface area contributed by atoms with E-state index in [4.69, 9.17) is 14.2 Å². The lowest BCUT2D eigenvalue weighted by Gasteiger charge is -2.20. The number of nitrogens with zero attached hydrogens (tertiary/aromatic N) is 1. The third kappa shape index (κ3) is 4.66. The van der Waals surface area contributed by atoms with Crippen LogP contribution in [0.2, 0.25) is 0 Å². The van der Waals surface area contributed by atoms with Gasteiger partial charge in [0.1, 0.15) is 0 Å². The summed E-state index contributed by atoms with van der Waals surface area (Å²) in [7, 11) is 2.44. The number of amides is 1. The first kappa shape index (κ1) is 21.4. The van der Waals surface area contributed by atoms with E-state index in [0.29, 0.717) is 22.9 Å². The Bertz CT molecular complexity index is 934. The first-order valence-corrected chi connectivity index (χ1v) is 10.2. The van der Waals surface area contributed by atoms with E-state index in [1.165, 1.54) is 28.4 Å². The minimum absolute atomic E-state index is 0.187. The third-order valence-corrected chi connectivity index (χ3v) is 5.35. The third-order valence-electron chi connectivity index (χ3n) is 4.16. The number of hydrogen-bond donors (Lipinski definition) is 1. The van der Waals surface area contributed by atoms with E-state index in [-0.39, 0.29) is 12.1 Å². The average molecular weight is 408 g/mol.